The average molecular weight is 242 g/mol. The van der Waals surface area contributed by atoms with Gasteiger partial charge in [0.1, 0.15) is 0 Å². The van der Waals surface area contributed by atoms with Gasteiger partial charge in [-0.15, -0.1) is 0 Å². The molecule has 0 aliphatic rings. The average Bonchev–Trinajstić information content (AvgIpc) is 2.40. The molecular formula is C14H14N2O2. The number of benzene rings is 1. The summed E-state index contributed by atoms with van der Waals surface area (Å²) in [5.74, 6) is -0.901. The Morgan fingerprint density at radius 2 is 2.00 bits per heavy atom. The lowest BCUT2D eigenvalue weighted by Crippen LogP contribution is -2.16. The fourth-order valence-electron chi connectivity index (χ4n) is 1.70. The van der Waals surface area contributed by atoms with Crippen LogP contribution in [0.3, 0.4) is 0 Å². The van der Waals surface area contributed by atoms with Crippen LogP contribution in [0.1, 0.15) is 15.9 Å². The van der Waals surface area contributed by atoms with Gasteiger partial charge in [0.25, 0.3) is 0 Å². The molecule has 1 heterocycles. The molecule has 0 radical (unpaired) electrons. The number of carbonyl (C=O) groups is 1. The van der Waals surface area contributed by atoms with Gasteiger partial charge in [-0.05, 0) is 29.8 Å². The molecular weight excluding hydrogens is 228 g/mol. The molecule has 0 spiro atoms. The van der Waals surface area contributed by atoms with E-state index in [1.807, 2.05) is 31.3 Å². The minimum atomic E-state index is -0.901. The maximum atomic E-state index is 10.7. The highest BCUT2D eigenvalue weighted by atomic mass is 16.4. The Bertz CT molecular complexity index is 523. The third-order valence-electron chi connectivity index (χ3n) is 2.71. The van der Waals surface area contributed by atoms with Crippen LogP contribution < -0.4 is 4.90 Å². The lowest BCUT2D eigenvalue weighted by atomic mass is 10.1. The van der Waals surface area contributed by atoms with Crippen LogP contribution in [-0.4, -0.2) is 23.1 Å². The van der Waals surface area contributed by atoms with Gasteiger partial charge in [0.15, 0.2) is 0 Å². The molecule has 0 aliphatic carbocycles. The summed E-state index contributed by atoms with van der Waals surface area (Å²) in [5, 5.41) is 8.82. The number of carboxylic acids is 1. The predicted octanol–water partition coefficient (Wildman–Crippen LogP) is 2.42. The number of anilines is 1. The van der Waals surface area contributed by atoms with Crippen LogP contribution in [0.5, 0.6) is 0 Å². The summed E-state index contributed by atoms with van der Waals surface area (Å²) >= 11 is 0. The van der Waals surface area contributed by atoms with Gasteiger partial charge in [0.2, 0.25) is 0 Å². The molecule has 4 nitrogen and oxygen atoms in total. The summed E-state index contributed by atoms with van der Waals surface area (Å²) < 4.78 is 0. The molecule has 0 amide bonds. The van der Waals surface area contributed by atoms with Crippen molar-refractivity contribution < 1.29 is 9.90 Å². The van der Waals surface area contributed by atoms with Crippen LogP contribution in [-0.2, 0) is 6.54 Å². The second-order valence-electron chi connectivity index (χ2n) is 4.07. The summed E-state index contributed by atoms with van der Waals surface area (Å²) in [5.41, 5.74) is 2.40. The Balaban J connectivity index is 2.08. The molecule has 0 unspecified atom stereocenters. The zero-order valence-electron chi connectivity index (χ0n) is 10.1. The first-order valence-electron chi connectivity index (χ1n) is 5.60. The van der Waals surface area contributed by atoms with Gasteiger partial charge in [-0.25, -0.2) is 4.79 Å². The molecule has 2 aromatic rings. The summed E-state index contributed by atoms with van der Waals surface area (Å²) in [6.07, 6.45) is 3.53. The molecule has 0 fully saturated rings. The molecule has 1 aromatic heterocycles. The van der Waals surface area contributed by atoms with Crippen LogP contribution in [0.4, 0.5) is 5.69 Å². The predicted molar refractivity (Wildman–Crippen MR) is 69.7 cm³/mol. The molecule has 92 valence electrons. The maximum Gasteiger partial charge on any atom is 0.335 e. The highest BCUT2D eigenvalue weighted by Crippen LogP contribution is 2.14. The van der Waals surface area contributed by atoms with E-state index in [9.17, 15) is 4.79 Å². The van der Waals surface area contributed by atoms with Crippen molar-refractivity contribution in [2.45, 2.75) is 6.54 Å². The second-order valence-corrected chi connectivity index (χ2v) is 4.07. The Morgan fingerprint density at radius 3 is 2.56 bits per heavy atom. The van der Waals surface area contributed by atoms with Gasteiger partial charge >= 0.3 is 5.97 Å². The highest BCUT2D eigenvalue weighted by Gasteiger charge is 2.04. The van der Waals surface area contributed by atoms with E-state index in [1.165, 1.54) is 0 Å². The maximum absolute atomic E-state index is 10.7. The Morgan fingerprint density at radius 1 is 1.28 bits per heavy atom. The van der Waals surface area contributed by atoms with Crippen molar-refractivity contribution in [1.29, 1.82) is 0 Å². The highest BCUT2D eigenvalue weighted by molar-refractivity contribution is 5.87. The summed E-state index contributed by atoms with van der Waals surface area (Å²) in [4.78, 5) is 16.9. The van der Waals surface area contributed by atoms with Gasteiger partial charge in [-0.3, -0.25) is 4.98 Å². The van der Waals surface area contributed by atoms with E-state index in [2.05, 4.69) is 9.88 Å². The summed E-state index contributed by atoms with van der Waals surface area (Å²) in [7, 11) is 1.97. The lowest BCUT2D eigenvalue weighted by molar-refractivity contribution is 0.0697. The normalized spacial score (nSPS) is 10.1. The van der Waals surface area contributed by atoms with Crippen molar-refractivity contribution in [3.05, 3.63) is 59.9 Å². The zero-order chi connectivity index (χ0) is 13.0. The first-order chi connectivity index (χ1) is 8.66. The molecule has 0 saturated heterocycles. The fourth-order valence-corrected chi connectivity index (χ4v) is 1.70. The van der Waals surface area contributed by atoms with E-state index in [1.54, 1.807) is 24.5 Å². The first kappa shape index (κ1) is 12.1. The SMILES string of the molecule is CN(Cc1ccc(C(=O)O)cc1)c1cccnc1. The number of hydrogen-bond acceptors (Lipinski definition) is 3. The van der Waals surface area contributed by atoms with Crippen molar-refractivity contribution in [1.82, 2.24) is 4.98 Å². The number of rotatable bonds is 4. The topological polar surface area (TPSA) is 53.4 Å². The lowest BCUT2D eigenvalue weighted by Gasteiger charge is -2.18. The Hall–Kier alpha value is -2.36. The number of nitrogens with zero attached hydrogens (tertiary/aromatic N) is 2. The molecule has 0 aliphatic heterocycles. The van der Waals surface area contributed by atoms with Crippen LogP contribution in [0.2, 0.25) is 0 Å². The minimum absolute atomic E-state index is 0.308. The van der Waals surface area contributed by atoms with Gasteiger partial charge in [0.05, 0.1) is 17.4 Å². The molecule has 0 atom stereocenters. The van der Waals surface area contributed by atoms with Gasteiger partial charge in [-0.1, -0.05) is 12.1 Å². The van der Waals surface area contributed by atoms with E-state index in [4.69, 9.17) is 5.11 Å². The molecule has 2 rings (SSSR count). The van der Waals surface area contributed by atoms with Crippen molar-refractivity contribution in [3.63, 3.8) is 0 Å². The third-order valence-corrected chi connectivity index (χ3v) is 2.71. The van der Waals surface area contributed by atoms with Crippen molar-refractivity contribution in [2.75, 3.05) is 11.9 Å². The standard InChI is InChI=1S/C14H14N2O2/c1-16(13-3-2-8-15-9-13)10-11-4-6-12(7-5-11)14(17)18/h2-9H,10H2,1H3,(H,17,18). The number of carboxylic acid groups (broad SMARTS) is 1. The largest absolute Gasteiger partial charge is 0.478 e. The summed E-state index contributed by atoms with van der Waals surface area (Å²) in [6.45, 7) is 0.714. The van der Waals surface area contributed by atoms with Crippen LogP contribution >= 0.6 is 0 Å². The van der Waals surface area contributed by atoms with Gasteiger partial charge in [0, 0.05) is 19.8 Å². The molecule has 18 heavy (non-hydrogen) atoms. The summed E-state index contributed by atoms with van der Waals surface area (Å²) in [6, 6.07) is 10.8. The molecule has 1 aromatic carbocycles. The van der Waals surface area contributed by atoms with E-state index >= 15 is 0 Å². The van der Waals surface area contributed by atoms with Crippen molar-refractivity contribution in [3.8, 4) is 0 Å². The van der Waals surface area contributed by atoms with E-state index in [-0.39, 0.29) is 0 Å². The minimum Gasteiger partial charge on any atom is -0.478 e. The Labute approximate surface area is 106 Å². The van der Waals surface area contributed by atoms with Crippen molar-refractivity contribution >= 4 is 11.7 Å². The van der Waals surface area contributed by atoms with Crippen molar-refractivity contribution in [2.24, 2.45) is 0 Å². The third kappa shape index (κ3) is 2.85. The van der Waals surface area contributed by atoms with Crippen LogP contribution in [0.15, 0.2) is 48.8 Å². The van der Waals surface area contributed by atoms with E-state index in [0.717, 1.165) is 11.3 Å². The number of aromatic carboxylic acids is 1. The monoisotopic (exact) mass is 242 g/mol. The molecule has 1 N–H and O–H groups in total. The Kier molecular flexibility index (Phi) is 3.57. The zero-order valence-corrected chi connectivity index (χ0v) is 10.1. The molecule has 4 heteroatoms. The number of hydrogen-bond donors (Lipinski definition) is 1. The fraction of sp³-hybridized carbons (Fsp3) is 0.143. The number of aromatic nitrogens is 1. The molecule has 0 saturated carbocycles. The van der Waals surface area contributed by atoms with Gasteiger partial charge in [-0.2, -0.15) is 0 Å². The van der Waals surface area contributed by atoms with E-state index < -0.39 is 5.97 Å². The molecule has 0 bridgehead atoms. The second kappa shape index (κ2) is 5.31. The quantitative estimate of drug-likeness (QED) is 0.894. The van der Waals surface area contributed by atoms with E-state index in [0.29, 0.717) is 12.1 Å². The first-order valence-corrected chi connectivity index (χ1v) is 5.60. The number of pyridine rings is 1. The van der Waals surface area contributed by atoms with Gasteiger partial charge < -0.3 is 10.0 Å². The van der Waals surface area contributed by atoms with Crippen LogP contribution in [0, 0.1) is 0 Å². The smallest absolute Gasteiger partial charge is 0.335 e. The van der Waals surface area contributed by atoms with Crippen LogP contribution in [0.25, 0.3) is 0 Å².